The van der Waals surface area contributed by atoms with Gasteiger partial charge in [0.15, 0.2) is 0 Å². The van der Waals surface area contributed by atoms with Gasteiger partial charge in [-0.15, -0.1) is 0 Å². The van der Waals surface area contributed by atoms with Crippen LogP contribution in [0.15, 0.2) is 48.5 Å². The van der Waals surface area contributed by atoms with E-state index in [4.69, 9.17) is 46.3 Å². The third kappa shape index (κ3) is 6.54. The standard InChI is InChI=1S/C13H8Cl2N2.C5H4ClIN2/c14-10-3-1-2-9(8-10)4-6-12-11(16)5-7-13(15)17-12;6-4-2-1-3(8)5(7)9-4/h1-3,5,7-8H,16H2;1-2H,8H2. The lowest BCUT2D eigenvalue weighted by Gasteiger charge is -1.97. The summed E-state index contributed by atoms with van der Waals surface area (Å²) in [4.78, 5) is 7.94. The molecule has 0 saturated carbocycles. The monoisotopic (exact) mass is 516 g/mol. The maximum atomic E-state index is 5.85. The third-order valence-corrected chi connectivity index (χ3v) is 4.41. The molecule has 0 aliphatic rings. The molecule has 0 bridgehead atoms. The fourth-order valence-corrected chi connectivity index (χ4v) is 2.73. The Bertz CT molecular complexity index is 984. The first-order valence-corrected chi connectivity index (χ1v) is 9.33. The van der Waals surface area contributed by atoms with Gasteiger partial charge in [0.1, 0.15) is 19.7 Å². The smallest absolute Gasteiger partial charge is 0.138 e. The Morgan fingerprint density at radius 2 is 1.46 bits per heavy atom. The normalized spacial score (nSPS) is 9.54. The van der Waals surface area contributed by atoms with Gasteiger partial charge < -0.3 is 11.5 Å². The average Bonchev–Trinajstić information content (AvgIpc) is 2.60. The lowest BCUT2D eigenvalue weighted by Crippen LogP contribution is -1.93. The summed E-state index contributed by atoms with van der Waals surface area (Å²) in [5.74, 6) is 5.80. The van der Waals surface area contributed by atoms with E-state index in [0.29, 0.717) is 32.4 Å². The minimum absolute atomic E-state index is 0.370. The Labute approximate surface area is 180 Å². The van der Waals surface area contributed by atoms with Crippen LogP contribution >= 0.6 is 57.4 Å². The van der Waals surface area contributed by atoms with E-state index in [1.165, 1.54) is 0 Å². The molecular weight excluding hydrogens is 505 g/mol. The maximum absolute atomic E-state index is 5.85. The van der Waals surface area contributed by atoms with Crippen molar-refractivity contribution in [3.8, 4) is 11.8 Å². The van der Waals surface area contributed by atoms with Gasteiger partial charge in [0.25, 0.3) is 0 Å². The first kappa shape index (κ1) is 20.6. The molecule has 3 aromatic rings. The molecular formula is C18H12Cl3IN4. The van der Waals surface area contributed by atoms with Crippen molar-refractivity contribution in [3.05, 3.63) is 78.8 Å². The van der Waals surface area contributed by atoms with Crippen LogP contribution in [0.5, 0.6) is 0 Å². The molecule has 0 radical (unpaired) electrons. The molecule has 0 aliphatic carbocycles. The molecule has 8 heteroatoms. The van der Waals surface area contributed by atoms with Crippen molar-refractivity contribution < 1.29 is 0 Å². The lowest BCUT2D eigenvalue weighted by molar-refractivity contribution is 1.28. The molecule has 0 fully saturated rings. The Kier molecular flexibility index (Phi) is 7.79. The molecule has 26 heavy (non-hydrogen) atoms. The second-order valence-corrected chi connectivity index (χ2v) is 7.08. The zero-order valence-electron chi connectivity index (χ0n) is 13.2. The van der Waals surface area contributed by atoms with Crippen LogP contribution in [0.3, 0.4) is 0 Å². The number of rotatable bonds is 0. The van der Waals surface area contributed by atoms with Crippen molar-refractivity contribution in [2.45, 2.75) is 0 Å². The fourth-order valence-electron chi connectivity index (χ4n) is 1.67. The van der Waals surface area contributed by atoms with E-state index in [1.807, 2.05) is 34.7 Å². The van der Waals surface area contributed by atoms with E-state index >= 15 is 0 Å². The molecule has 0 saturated heterocycles. The average molecular weight is 518 g/mol. The number of nitrogen functional groups attached to an aromatic ring is 2. The molecule has 2 aromatic heterocycles. The number of benzene rings is 1. The molecule has 0 amide bonds. The SMILES string of the molecule is Nc1ccc(Cl)nc1C#Cc1cccc(Cl)c1.Nc1ccc(Cl)nc1I. The van der Waals surface area contributed by atoms with Crippen LogP contribution < -0.4 is 11.5 Å². The predicted octanol–water partition coefficient (Wildman–Crippen LogP) is 5.29. The van der Waals surface area contributed by atoms with Gasteiger partial charge in [-0.1, -0.05) is 46.8 Å². The molecule has 0 aliphatic heterocycles. The van der Waals surface area contributed by atoms with Gasteiger partial charge in [-0.2, -0.15) is 0 Å². The quantitative estimate of drug-likeness (QED) is 0.241. The lowest BCUT2D eigenvalue weighted by atomic mass is 10.2. The second-order valence-electron chi connectivity index (χ2n) is 4.85. The molecule has 0 atom stereocenters. The van der Waals surface area contributed by atoms with Gasteiger partial charge in [-0.25, -0.2) is 9.97 Å². The summed E-state index contributed by atoms with van der Waals surface area (Å²) in [5.41, 5.74) is 13.6. The van der Waals surface area contributed by atoms with Gasteiger partial charge in [0.05, 0.1) is 11.4 Å². The van der Waals surface area contributed by atoms with E-state index in [2.05, 4.69) is 21.8 Å². The highest BCUT2D eigenvalue weighted by atomic mass is 127. The summed E-state index contributed by atoms with van der Waals surface area (Å²) in [6.45, 7) is 0. The van der Waals surface area contributed by atoms with E-state index in [0.717, 1.165) is 9.26 Å². The summed E-state index contributed by atoms with van der Waals surface area (Å²) in [6, 6.07) is 14.0. The molecule has 0 spiro atoms. The van der Waals surface area contributed by atoms with Gasteiger partial charge in [0.2, 0.25) is 0 Å². The van der Waals surface area contributed by atoms with Crippen LogP contribution in [-0.2, 0) is 0 Å². The van der Waals surface area contributed by atoms with Crippen molar-refractivity contribution in [1.29, 1.82) is 0 Å². The van der Waals surface area contributed by atoms with E-state index < -0.39 is 0 Å². The molecule has 4 N–H and O–H groups in total. The zero-order valence-corrected chi connectivity index (χ0v) is 17.6. The Balaban J connectivity index is 0.000000228. The topological polar surface area (TPSA) is 77.8 Å². The Morgan fingerprint density at radius 1 is 0.808 bits per heavy atom. The number of anilines is 2. The van der Waals surface area contributed by atoms with Gasteiger partial charge in [0, 0.05) is 10.6 Å². The van der Waals surface area contributed by atoms with Crippen LogP contribution in [0.2, 0.25) is 15.3 Å². The number of halogens is 4. The summed E-state index contributed by atoms with van der Waals surface area (Å²) in [7, 11) is 0. The zero-order chi connectivity index (χ0) is 19.1. The Morgan fingerprint density at radius 3 is 2.08 bits per heavy atom. The van der Waals surface area contributed by atoms with Gasteiger partial charge in [-0.05, 0) is 71.0 Å². The van der Waals surface area contributed by atoms with Crippen molar-refractivity contribution in [1.82, 2.24) is 9.97 Å². The van der Waals surface area contributed by atoms with E-state index in [1.54, 1.807) is 36.4 Å². The van der Waals surface area contributed by atoms with Crippen molar-refractivity contribution >= 4 is 68.8 Å². The van der Waals surface area contributed by atoms with Crippen LogP contribution in [0.1, 0.15) is 11.3 Å². The second kappa shape index (κ2) is 9.83. The van der Waals surface area contributed by atoms with Crippen LogP contribution in [-0.4, -0.2) is 9.97 Å². The van der Waals surface area contributed by atoms with Gasteiger partial charge in [-0.3, -0.25) is 0 Å². The number of hydrogen-bond acceptors (Lipinski definition) is 4. The predicted molar refractivity (Wildman–Crippen MR) is 117 cm³/mol. The summed E-state index contributed by atoms with van der Waals surface area (Å²) in [6.07, 6.45) is 0. The summed E-state index contributed by atoms with van der Waals surface area (Å²) in [5, 5.41) is 1.49. The van der Waals surface area contributed by atoms with Gasteiger partial charge >= 0.3 is 0 Å². The minimum Gasteiger partial charge on any atom is -0.397 e. The fraction of sp³-hybridized carbons (Fsp3) is 0. The van der Waals surface area contributed by atoms with Crippen molar-refractivity contribution in [2.24, 2.45) is 0 Å². The minimum atomic E-state index is 0.370. The van der Waals surface area contributed by atoms with Crippen molar-refractivity contribution in [3.63, 3.8) is 0 Å². The maximum Gasteiger partial charge on any atom is 0.138 e. The summed E-state index contributed by atoms with van der Waals surface area (Å²) >= 11 is 19.2. The molecule has 132 valence electrons. The summed E-state index contributed by atoms with van der Waals surface area (Å²) < 4.78 is 0.750. The number of hydrogen-bond donors (Lipinski definition) is 2. The number of aromatic nitrogens is 2. The largest absolute Gasteiger partial charge is 0.397 e. The highest BCUT2D eigenvalue weighted by Crippen LogP contribution is 2.15. The molecule has 4 nitrogen and oxygen atoms in total. The van der Waals surface area contributed by atoms with Crippen LogP contribution in [0.4, 0.5) is 11.4 Å². The number of nitrogens with zero attached hydrogens (tertiary/aromatic N) is 2. The molecule has 3 rings (SSSR count). The first-order chi connectivity index (χ1) is 12.3. The highest BCUT2D eigenvalue weighted by molar-refractivity contribution is 14.1. The van der Waals surface area contributed by atoms with Crippen LogP contribution in [0, 0.1) is 15.5 Å². The number of pyridine rings is 2. The van der Waals surface area contributed by atoms with E-state index in [9.17, 15) is 0 Å². The molecule has 0 unspecified atom stereocenters. The van der Waals surface area contributed by atoms with E-state index in [-0.39, 0.29) is 0 Å². The number of nitrogens with two attached hydrogens (primary N) is 2. The van der Waals surface area contributed by atoms with Crippen LogP contribution in [0.25, 0.3) is 0 Å². The Hall–Kier alpha value is -1.72. The van der Waals surface area contributed by atoms with Crippen molar-refractivity contribution in [2.75, 3.05) is 11.5 Å². The first-order valence-electron chi connectivity index (χ1n) is 7.12. The molecule has 1 aromatic carbocycles. The highest BCUT2D eigenvalue weighted by Gasteiger charge is 1.98. The molecule has 2 heterocycles. The third-order valence-electron chi connectivity index (χ3n) is 2.89.